The van der Waals surface area contributed by atoms with Gasteiger partial charge in [-0.05, 0) is 43.0 Å². The van der Waals surface area contributed by atoms with E-state index in [0.717, 1.165) is 41.9 Å². The van der Waals surface area contributed by atoms with Crippen LogP contribution in [0.2, 0.25) is 0 Å². The molecule has 0 radical (unpaired) electrons. The number of hydrogen-bond donors (Lipinski definition) is 1. The van der Waals surface area contributed by atoms with Gasteiger partial charge in [0.15, 0.2) is 0 Å². The number of anilines is 1. The second-order valence-corrected chi connectivity index (χ2v) is 8.11. The van der Waals surface area contributed by atoms with Gasteiger partial charge in [0, 0.05) is 24.2 Å². The molecule has 0 amide bonds. The van der Waals surface area contributed by atoms with Gasteiger partial charge in [0.2, 0.25) is 0 Å². The van der Waals surface area contributed by atoms with Crippen molar-refractivity contribution in [2.75, 3.05) is 18.0 Å². The Kier molecular flexibility index (Phi) is 3.93. The van der Waals surface area contributed by atoms with Crippen LogP contribution in [-0.2, 0) is 12.1 Å². The Morgan fingerprint density at radius 2 is 2.00 bits per heavy atom. The summed E-state index contributed by atoms with van der Waals surface area (Å²) in [5.74, 6) is 0.653. The van der Waals surface area contributed by atoms with Crippen LogP contribution in [0.5, 0.6) is 0 Å². The molecule has 2 atom stereocenters. The zero-order valence-electron chi connectivity index (χ0n) is 16.5. The van der Waals surface area contributed by atoms with E-state index in [9.17, 15) is 9.50 Å². The number of halogens is 1. The molecule has 0 saturated heterocycles. The SMILES string of the molecule is C=C1CCN2C3=C1C(=C)CCN3[C@H](C)[C@](O)(Cn1cncn1)c1ccc(F)cc12. The summed E-state index contributed by atoms with van der Waals surface area (Å²) in [5, 5.41) is 16.3. The zero-order valence-corrected chi connectivity index (χ0v) is 16.5. The summed E-state index contributed by atoms with van der Waals surface area (Å²) in [6, 6.07) is 4.37. The van der Waals surface area contributed by atoms with E-state index < -0.39 is 5.60 Å². The van der Waals surface area contributed by atoms with Crippen molar-refractivity contribution in [1.29, 1.82) is 0 Å². The maximum absolute atomic E-state index is 14.4. The maximum Gasteiger partial charge on any atom is 0.137 e. The van der Waals surface area contributed by atoms with E-state index >= 15 is 0 Å². The first-order valence-electron chi connectivity index (χ1n) is 9.89. The molecule has 3 aliphatic heterocycles. The normalized spacial score (nSPS) is 26.4. The lowest BCUT2D eigenvalue weighted by molar-refractivity contribution is -0.0500. The average molecular weight is 393 g/mol. The highest BCUT2D eigenvalue weighted by molar-refractivity contribution is 5.67. The molecule has 1 aromatic heterocycles. The monoisotopic (exact) mass is 393 g/mol. The molecular weight excluding hydrogens is 369 g/mol. The fourth-order valence-corrected chi connectivity index (χ4v) is 4.93. The lowest BCUT2D eigenvalue weighted by Crippen LogP contribution is -2.53. The minimum atomic E-state index is -1.29. The zero-order chi connectivity index (χ0) is 20.3. The molecule has 6 nitrogen and oxygen atoms in total. The van der Waals surface area contributed by atoms with Crippen molar-refractivity contribution in [1.82, 2.24) is 19.7 Å². The van der Waals surface area contributed by atoms with E-state index in [1.165, 1.54) is 18.5 Å². The second kappa shape index (κ2) is 6.29. The van der Waals surface area contributed by atoms with Gasteiger partial charge in [0.05, 0.1) is 18.3 Å². The Morgan fingerprint density at radius 1 is 1.24 bits per heavy atom. The Balaban J connectivity index is 1.78. The predicted octanol–water partition coefficient (Wildman–Crippen LogP) is 2.95. The molecule has 0 saturated carbocycles. The van der Waals surface area contributed by atoms with Crippen LogP contribution in [0.4, 0.5) is 10.1 Å². The van der Waals surface area contributed by atoms with Crippen molar-refractivity contribution < 1.29 is 9.50 Å². The molecule has 29 heavy (non-hydrogen) atoms. The molecule has 0 unspecified atom stereocenters. The summed E-state index contributed by atoms with van der Waals surface area (Å²) in [4.78, 5) is 8.37. The molecule has 4 heterocycles. The molecule has 1 aromatic carbocycles. The van der Waals surface area contributed by atoms with Gasteiger partial charge in [-0.25, -0.2) is 14.1 Å². The Labute approximate surface area is 169 Å². The van der Waals surface area contributed by atoms with Crippen molar-refractivity contribution in [2.24, 2.45) is 0 Å². The molecule has 5 rings (SSSR count). The van der Waals surface area contributed by atoms with E-state index in [4.69, 9.17) is 0 Å². The topological polar surface area (TPSA) is 57.4 Å². The van der Waals surface area contributed by atoms with Gasteiger partial charge in [-0.2, -0.15) is 5.10 Å². The van der Waals surface area contributed by atoms with Crippen LogP contribution < -0.4 is 4.90 Å². The maximum atomic E-state index is 14.4. The summed E-state index contributed by atoms with van der Waals surface area (Å²) in [5.41, 5.74) is 3.26. The van der Waals surface area contributed by atoms with Crippen LogP contribution in [0.3, 0.4) is 0 Å². The van der Waals surface area contributed by atoms with Crippen LogP contribution in [0, 0.1) is 5.82 Å². The van der Waals surface area contributed by atoms with E-state index in [0.29, 0.717) is 17.8 Å². The highest BCUT2D eigenvalue weighted by Gasteiger charge is 2.49. The van der Waals surface area contributed by atoms with Crippen molar-refractivity contribution in [2.45, 2.75) is 38.0 Å². The first-order chi connectivity index (χ1) is 13.9. The van der Waals surface area contributed by atoms with Gasteiger partial charge in [0.25, 0.3) is 0 Å². The largest absolute Gasteiger partial charge is 0.381 e. The third-order valence-electron chi connectivity index (χ3n) is 6.50. The third kappa shape index (κ3) is 2.57. The van der Waals surface area contributed by atoms with Crippen molar-refractivity contribution in [3.8, 4) is 0 Å². The van der Waals surface area contributed by atoms with Crippen molar-refractivity contribution >= 4 is 5.69 Å². The van der Waals surface area contributed by atoms with E-state index in [-0.39, 0.29) is 18.4 Å². The minimum absolute atomic E-state index is 0.224. The van der Waals surface area contributed by atoms with Gasteiger partial charge in [0.1, 0.15) is 29.9 Å². The summed E-state index contributed by atoms with van der Waals surface area (Å²) < 4.78 is 16.0. The van der Waals surface area contributed by atoms with Crippen molar-refractivity contribution in [3.63, 3.8) is 0 Å². The first-order valence-corrected chi connectivity index (χ1v) is 9.89. The quantitative estimate of drug-likeness (QED) is 0.850. The van der Waals surface area contributed by atoms with Gasteiger partial charge >= 0.3 is 0 Å². The van der Waals surface area contributed by atoms with Gasteiger partial charge < -0.3 is 14.9 Å². The average Bonchev–Trinajstić information content (AvgIpc) is 3.18. The number of benzene rings is 1. The summed E-state index contributed by atoms with van der Waals surface area (Å²) >= 11 is 0. The number of fused-ring (bicyclic) bond motifs is 2. The number of hydrogen-bond acceptors (Lipinski definition) is 5. The lowest BCUT2D eigenvalue weighted by Gasteiger charge is -2.47. The summed E-state index contributed by atoms with van der Waals surface area (Å²) in [6.07, 6.45) is 4.63. The van der Waals surface area contributed by atoms with Gasteiger partial charge in [-0.3, -0.25) is 0 Å². The van der Waals surface area contributed by atoms with Gasteiger partial charge in [-0.15, -0.1) is 0 Å². The minimum Gasteiger partial charge on any atom is -0.381 e. The first kappa shape index (κ1) is 18.1. The molecule has 3 aliphatic rings. The molecule has 0 bridgehead atoms. The van der Waals surface area contributed by atoms with E-state index in [1.54, 1.807) is 17.1 Å². The lowest BCUT2D eigenvalue weighted by atomic mass is 9.84. The molecule has 0 fully saturated rings. The molecular formula is C22H24FN5O. The molecule has 0 spiro atoms. The Bertz CT molecular complexity index is 1030. The number of nitrogens with zero attached hydrogens (tertiary/aromatic N) is 5. The number of aromatic nitrogens is 3. The predicted molar refractivity (Wildman–Crippen MR) is 108 cm³/mol. The summed E-state index contributed by atoms with van der Waals surface area (Å²) in [7, 11) is 0. The Morgan fingerprint density at radius 3 is 2.72 bits per heavy atom. The van der Waals surface area contributed by atoms with Crippen LogP contribution >= 0.6 is 0 Å². The molecule has 7 heteroatoms. The number of rotatable bonds is 2. The fourth-order valence-electron chi connectivity index (χ4n) is 4.93. The molecule has 2 aromatic rings. The third-order valence-corrected chi connectivity index (χ3v) is 6.50. The van der Waals surface area contributed by atoms with Crippen LogP contribution in [0.15, 0.2) is 66.6 Å². The van der Waals surface area contributed by atoms with Crippen molar-refractivity contribution in [3.05, 3.63) is 77.9 Å². The highest BCUT2D eigenvalue weighted by Crippen LogP contribution is 2.49. The standard InChI is InChI=1S/C22H24FN5O/c1-14-6-8-27-16(3)22(29,11-26-13-24-12-25-26)18-5-4-17(23)10-19(18)28-9-7-15(2)20(14)21(27)28/h4-5,10,12-13,16,29H,1-2,6-9,11H2,3H3/t16-,22-/m1/s1. The van der Waals surface area contributed by atoms with Crippen LogP contribution in [-0.4, -0.2) is 43.9 Å². The van der Waals surface area contributed by atoms with Gasteiger partial charge in [-0.1, -0.05) is 19.2 Å². The molecule has 150 valence electrons. The molecule has 1 N–H and O–H groups in total. The van der Waals surface area contributed by atoms with Crippen LogP contribution in [0.1, 0.15) is 25.3 Å². The smallest absolute Gasteiger partial charge is 0.137 e. The Hall–Kier alpha value is -2.93. The number of aliphatic hydroxyl groups is 1. The number of allylic oxidation sites excluding steroid dienone is 1. The summed E-state index contributed by atoms with van der Waals surface area (Å²) in [6.45, 7) is 12.2. The molecule has 0 aliphatic carbocycles. The second-order valence-electron chi connectivity index (χ2n) is 8.11. The fraction of sp³-hybridized carbons (Fsp3) is 0.364. The van der Waals surface area contributed by atoms with E-state index in [1.807, 2.05) is 6.92 Å². The van der Waals surface area contributed by atoms with E-state index in [2.05, 4.69) is 33.0 Å². The van der Waals surface area contributed by atoms with Crippen LogP contribution in [0.25, 0.3) is 0 Å². The highest BCUT2D eigenvalue weighted by atomic mass is 19.1.